The predicted molar refractivity (Wildman–Crippen MR) is 87.3 cm³/mol. The van der Waals surface area contributed by atoms with E-state index in [9.17, 15) is 14.7 Å². The molecule has 0 bridgehead atoms. The second-order valence-electron chi connectivity index (χ2n) is 5.96. The average Bonchev–Trinajstić information content (AvgIpc) is 2.83. The maximum absolute atomic E-state index is 12.7. The van der Waals surface area contributed by atoms with Crippen LogP contribution in [0.1, 0.15) is 25.5 Å². The zero-order chi connectivity index (χ0) is 17.3. The highest BCUT2D eigenvalue weighted by Gasteiger charge is 2.40. The highest BCUT2D eigenvalue weighted by atomic mass is 16.5. The Bertz CT molecular complexity index is 682. The first kappa shape index (κ1) is 16.3. The molecule has 7 heteroatoms. The van der Waals surface area contributed by atoms with E-state index in [4.69, 9.17) is 4.74 Å². The van der Waals surface area contributed by atoms with Crippen molar-refractivity contribution in [3.63, 3.8) is 0 Å². The van der Waals surface area contributed by atoms with Crippen molar-refractivity contribution >= 4 is 11.9 Å². The van der Waals surface area contributed by atoms with Gasteiger partial charge in [0.05, 0.1) is 36.6 Å². The first-order chi connectivity index (χ1) is 11.5. The predicted octanol–water partition coefficient (Wildman–Crippen LogP) is 0.916. The van der Waals surface area contributed by atoms with Gasteiger partial charge >= 0.3 is 6.03 Å². The minimum absolute atomic E-state index is 0.169. The lowest BCUT2D eigenvalue weighted by Gasteiger charge is -2.25. The first-order valence-electron chi connectivity index (χ1n) is 8.00. The van der Waals surface area contributed by atoms with Crippen LogP contribution in [0.4, 0.5) is 4.79 Å². The zero-order valence-corrected chi connectivity index (χ0v) is 13.7. The van der Waals surface area contributed by atoms with Crippen LogP contribution in [0.3, 0.4) is 0 Å². The number of urea groups is 1. The number of amides is 3. The number of rotatable bonds is 5. The third-order valence-electron chi connectivity index (χ3n) is 4.03. The van der Waals surface area contributed by atoms with Gasteiger partial charge in [-0.3, -0.25) is 4.79 Å². The molecular weight excluding hydrogens is 310 g/mol. The molecule has 2 atom stereocenters. The Morgan fingerprint density at radius 2 is 2.04 bits per heavy atom. The van der Waals surface area contributed by atoms with Gasteiger partial charge in [-0.1, -0.05) is 12.1 Å². The number of nitrogens with zero attached hydrogens (tertiary/aromatic N) is 1. The van der Waals surface area contributed by atoms with E-state index in [2.05, 4.69) is 10.6 Å². The summed E-state index contributed by atoms with van der Waals surface area (Å²) in [5.74, 6) is 0.571. The van der Waals surface area contributed by atoms with Crippen LogP contribution in [0.5, 0.6) is 5.75 Å². The Morgan fingerprint density at radius 1 is 1.33 bits per heavy atom. The maximum Gasteiger partial charge on any atom is 0.319 e. The second-order valence-corrected chi connectivity index (χ2v) is 5.96. The number of carbonyl (C=O) groups is 2. The standard InChI is InChI=1S/C17H21N3O4/c1-3-24-12-6-4-11(5-7-12)15-14-13(18-17(23)19-15)9-20(16(14)22)8-10(2)21/h4-7,10,15,21H,3,8-9H2,1-2H3,(H2,18,19,23)/t10-,15-/m0/s1. The van der Waals surface area contributed by atoms with Crippen molar-refractivity contribution in [2.45, 2.75) is 26.0 Å². The fourth-order valence-corrected chi connectivity index (χ4v) is 3.07. The summed E-state index contributed by atoms with van der Waals surface area (Å²) in [5, 5.41) is 15.1. The van der Waals surface area contributed by atoms with Gasteiger partial charge in [0.1, 0.15) is 5.75 Å². The molecule has 7 nitrogen and oxygen atoms in total. The number of carbonyl (C=O) groups excluding carboxylic acids is 2. The number of ether oxygens (including phenoxy) is 1. The van der Waals surface area contributed by atoms with Crippen LogP contribution < -0.4 is 15.4 Å². The minimum Gasteiger partial charge on any atom is -0.494 e. The van der Waals surface area contributed by atoms with Crippen molar-refractivity contribution in [3.8, 4) is 5.75 Å². The lowest BCUT2D eigenvalue weighted by atomic mass is 9.96. The number of nitrogens with one attached hydrogen (secondary N) is 2. The highest BCUT2D eigenvalue weighted by molar-refractivity contribution is 6.01. The molecule has 0 saturated carbocycles. The summed E-state index contributed by atoms with van der Waals surface area (Å²) in [4.78, 5) is 26.2. The summed E-state index contributed by atoms with van der Waals surface area (Å²) in [7, 11) is 0. The third kappa shape index (κ3) is 3.07. The van der Waals surface area contributed by atoms with E-state index in [0.29, 0.717) is 24.4 Å². The summed E-state index contributed by atoms with van der Waals surface area (Å²) in [6, 6.07) is 6.49. The lowest BCUT2D eigenvalue weighted by Crippen LogP contribution is -2.44. The van der Waals surface area contributed by atoms with Crippen molar-refractivity contribution in [3.05, 3.63) is 41.1 Å². The number of aliphatic hydroxyl groups is 1. The molecule has 0 radical (unpaired) electrons. The summed E-state index contributed by atoms with van der Waals surface area (Å²) in [6.07, 6.45) is -0.622. The van der Waals surface area contributed by atoms with E-state index in [1.807, 2.05) is 31.2 Å². The number of benzene rings is 1. The van der Waals surface area contributed by atoms with E-state index >= 15 is 0 Å². The fourth-order valence-electron chi connectivity index (χ4n) is 3.07. The van der Waals surface area contributed by atoms with E-state index in [1.165, 1.54) is 0 Å². The van der Waals surface area contributed by atoms with Gasteiger partial charge in [-0.05, 0) is 31.5 Å². The van der Waals surface area contributed by atoms with Gasteiger partial charge in [0.25, 0.3) is 5.91 Å². The SMILES string of the molecule is CCOc1ccc([C@@H]2NC(=O)NC3=C2C(=O)N(C[C@H](C)O)C3)cc1. The smallest absolute Gasteiger partial charge is 0.319 e. The molecule has 3 rings (SSSR count). The van der Waals surface area contributed by atoms with Crippen LogP contribution in [-0.2, 0) is 4.79 Å². The molecule has 1 aromatic rings. The highest BCUT2D eigenvalue weighted by Crippen LogP contribution is 2.33. The molecule has 0 aliphatic carbocycles. The van der Waals surface area contributed by atoms with E-state index in [0.717, 1.165) is 11.3 Å². The third-order valence-corrected chi connectivity index (χ3v) is 4.03. The molecule has 128 valence electrons. The van der Waals surface area contributed by atoms with Crippen molar-refractivity contribution < 1.29 is 19.4 Å². The Kier molecular flexibility index (Phi) is 4.44. The van der Waals surface area contributed by atoms with Gasteiger partial charge in [-0.2, -0.15) is 0 Å². The van der Waals surface area contributed by atoms with Gasteiger partial charge in [-0.15, -0.1) is 0 Å². The van der Waals surface area contributed by atoms with Gasteiger partial charge < -0.3 is 25.4 Å². The second kappa shape index (κ2) is 6.52. The lowest BCUT2D eigenvalue weighted by molar-refractivity contribution is -0.126. The fraction of sp³-hybridized carbons (Fsp3) is 0.412. The Morgan fingerprint density at radius 3 is 2.67 bits per heavy atom. The average molecular weight is 331 g/mol. The van der Waals surface area contributed by atoms with Crippen molar-refractivity contribution in [1.82, 2.24) is 15.5 Å². The molecule has 0 unspecified atom stereocenters. The monoisotopic (exact) mass is 331 g/mol. The molecule has 0 fully saturated rings. The van der Waals surface area contributed by atoms with Gasteiger partial charge in [-0.25, -0.2) is 4.79 Å². The van der Waals surface area contributed by atoms with Gasteiger partial charge in [0, 0.05) is 6.54 Å². The Hall–Kier alpha value is -2.54. The van der Waals surface area contributed by atoms with Crippen molar-refractivity contribution in [2.24, 2.45) is 0 Å². The molecule has 1 aromatic carbocycles. The van der Waals surface area contributed by atoms with Crippen LogP contribution in [0.2, 0.25) is 0 Å². The summed E-state index contributed by atoms with van der Waals surface area (Å²) >= 11 is 0. The first-order valence-corrected chi connectivity index (χ1v) is 8.00. The molecule has 0 spiro atoms. The van der Waals surface area contributed by atoms with E-state index in [1.54, 1.807) is 11.8 Å². The molecule has 24 heavy (non-hydrogen) atoms. The number of hydrogen-bond acceptors (Lipinski definition) is 4. The Balaban J connectivity index is 1.88. The van der Waals surface area contributed by atoms with Crippen molar-refractivity contribution in [1.29, 1.82) is 0 Å². The quantitative estimate of drug-likeness (QED) is 0.748. The topological polar surface area (TPSA) is 90.9 Å². The maximum atomic E-state index is 12.7. The van der Waals surface area contributed by atoms with Crippen LogP contribution in [0, 0.1) is 0 Å². The summed E-state index contributed by atoms with van der Waals surface area (Å²) in [5.41, 5.74) is 1.94. The molecule has 2 aliphatic rings. The number of hydrogen-bond donors (Lipinski definition) is 3. The molecule has 2 heterocycles. The van der Waals surface area contributed by atoms with Crippen molar-refractivity contribution in [2.75, 3.05) is 19.7 Å². The van der Waals surface area contributed by atoms with Crippen LogP contribution >= 0.6 is 0 Å². The normalized spacial score (nSPS) is 21.3. The van der Waals surface area contributed by atoms with Crippen LogP contribution in [-0.4, -0.2) is 47.7 Å². The van der Waals surface area contributed by atoms with Crippen LogP contribution in [0.25, 0.3) is 0 Å². The van der Waals surface area contributed by atoms with Crippen LogP contribution in [0.15, 0.2) is 35.5 Å². The molecule has 0 saturated heterocycles. The Labute approximate surface area is 140 Å². The molecule has 3 N–H and O–H groups in total. The van der Waals surface area contributed by atoms with Gasteiger partial charge in [0.15, 0.2) is 0 Å². The molecule has 2 aliphatic heterocycles. The molecule has 3 amide bonds. The largest absolute Gasteiger partial charge is 0.494 e. The summed E-state index contributed by atoms with van der Waals surface area (Å²) < 4.78 is 5.42. The molecule has 0 aromatic heterocycles. The van der Waals surface area contributed by atoms with Gasteiger partial charge in [0.2, 0.25) is 0 Å². The van der Waals surface area contributed by atoms with E-state index < -0.39 is 12.1 Å². The zero-order valence-electron chi connectivity index (χ0n) is 13.7. The number of β-amino-alcohol motifs (C(OH)–C–C–N with tert-alkyl or cyclic N) is 1. The summed E-state index contributed by atoms with van der Waals surface area (Å²) in [6.45, 7) is 4.65. The number of aliphatic hydroxyl groups excluding tert-OH is 1. The van der Waals surface area contributed by atoms with E-state index in [-0.39, 0.29) is 18.5 Å². The molecular formula is C17H21N3O4. The minimum atomic E-state index is -0.622.